The molecule has 1 unspecified atom stereocenters. The zero-order valence-electron chi connectivity index (χ0n) is 16.1. The summed E-state index contributed by atoms with van der Waals surface area (Å²) in [7, 11) is 0. The summed E-state index contributed by atoms with van der Waals surface area (Å²) >= 11 is 6.17. The average Bonchev–Trinajstić information content (AvgIpc) is 2.96. The third-order valence-electron chi connectivity index (χ3n) is 4.49. The van der Waals surface area contributed by atoms with Gasteiger partial charge in [-0.05, 0) is 43.2 Å². The first-order valence-corrected chi connectivity index (χ1v) is 9.69. The minimum atomic E-state index is -0.610. The summed E-state index contributed by atoms with van der Waals surface area (Å²) in [6.45, 7) is 4.11. The lowest BCUT2D eigenvalue weighted by atomic mass is 10.1. The number of nitrogens with zero attached hydrogens (tertiary/aromatic N) is 1. The molecule has 0 saturated carbocycles. The Hall–Kier alpha value is -3.12. The van der Waals surface area contributed by atoms with Crippen molar-refractivity contribution in [1.29, 1.82) is 0 Å². The highest BCUT2D eigenvalue weighted by Gasteiger charge is 2.39. The van der Waals surface area contributed by atoms with Crippen molar-refractivity contribution in [1.82, 2.24) is 5.32 Å². The molecule has 150 valence electrons. The number of halogens is 1. The molecule has 0 aromatic heterocycles. The second-order valence-electron chi connectivity index (χ2n) is 6.59. The van der Waals surface area contributed by atoms with E-state index in [-0.39, 0.29) is 16.8 Å². The molecule has 0 radical (unpaired) electrons. The van der Waals surface area contributed by atoms with Crippen molar-refractivity contribution in [2.24, 2.45) is 0 Å². The number of ether oxygens (including phenoxy) is 1. The van der Waals surface area contributed by atoms with E-state index in [1.165, 1.54) is 24.3 Å². The van der Waals surface area contributed by atoms with E-state index in [4.69, 9.17) is 16.3 Å². The molecule has 0 bridgehead atoms. The molecule has 2 aromatic carbocycles. The predicted octanol–water partition coefficient (Wildman–Crippen LogP) is 3.93. The number of hydrogen-bond donors (Lipinski definition) is 1. The summed E-state index contributed by atoms with van der Waals surface area (Å²) in [5, 5.41) is 2.88. The molecule has 0 spiro atoms. The number of amides is 2. The van der Waals surface area contributed by atoms with Gasteiger partial charge in [0.1, 0.15) is 10.7 Å². The van der Waals surface area contributed by atoms with Crippen molar-refractivity contribution in [2.45, 2.75) is 26.3 Å². The van der Waals surface area contributed by atoms with E-state index in [2.05, 4.69) is 5.32 Å². The molecule has 0 fully saturated rings. The molecule has 2 amide bonds. The lowest BCUT2D eigenvalue weighted by molar-refractivity contribution is -0.120. The van der Waals surface area contributed by atoms with Crippen LogP contribution in [0.4, 0.5) is 5.69 Å². The molecule has 0 aliphatic carbocycles. The molecule has 6 nitrogen and oxygen atoms in total. The van der Waals surface area contributed by atoms with Crippen LogP contribution in [0.2, 0.25) is 0 Å². The Bertz CT molecular complexity index is 955. The number of anilines is 1. The first-order valence-electron chi connectivity index (χ1n) is 9.31. The molecule has 0 saturated heterocycles. The second-order valence-corrected chi connectivity index (χ2v) is 6.97. The van der Waals surface area contributed by atoms with Gasteiger partial charge in [0.05, 0.1) is 17.9 Å². The van der Waals surface area contributed by atoms with Crippen molar-refractivity contribution in [3.05, 3.63) is 76.5 Å². The van der Waals surface area contributed by atoms with Crippen LogP contribution in [-0.2, 0) is 14.3 Å². The van der Waals surface area contributed by atoms with Crippen molar-refractivity contribution in [2.75, 3.05) is 11.5 Å². The quantitative estimate of drug-likeness (QED) is 0.551. The van der Waals surface area contributed by atoms with Gasteiger partial charge < -0.3 is 10.1 Å². The number of carbonyl (C=O) groups is 3. The Morgan fingerprint density at radius 3 is 2.34 bits per heavy atom. The van der Waals surface area contributed by atoms with Crippen molar-refractivity contribution < 1.29 is 19.1 Å². The SMILES string of the molecule is CCCOC(=O)c1ccc(N2C(=O)C(Cl)=C(NC(C)c3ccccc3)C2=O)cc1. The number of benzene rings is 2. The highest BCUT2D eigenvalue weighted by Crippen LogP contribution is 2.29. The van der Waals surface area contributed by atoms with Gasteiger partial charge in [-0.2, -0.15) is 0 Å². The molecular weight excluding hydrogens is 392 g/mol. The van der Waals surface area contributed by atoms with Crippen LogP contribution in [0.25, 0.3) is 0 Å². The van der Waals surface area contributed by atoms with E-state index in [0.717, 1.165) is 16.9 Å². The highest BCUT2D eigenvalue weighted by molar-refractivity contribution is 6.52. The zero-order chi connectivity index (χ0) is 21.0. The Balaban J connectivity index is 1.76. The Kier molecular flexibility index (Phi) is 6.34. The van der Waals surface area contributed by atoms with Gasteiger partial charge in [0, 0.05) is 6.04 Å². The molecular formula is C22H21ClN2O4. The van der Waals surface area contributed by atoms with Gasteiger partial charge in [-0.25, -0.2) is 9.69 Å². The second kappa shape index (κ2) is 8.92. The summed E-state index contributed by atoms with van der Waals surface area (Å²) in [6.07, 6.45) is 0.724. The van der Waals surface area contributed by atoms with Crippen LogP contribution >= 0.6 is 11.6 Å². The highest BCUT2D eigenvalue weighted by atomic mass is 35.5. The van der Waals surface area contributed by atoms with Crippen LogP contribution in [-0.4, -0.2) is 24.4 Å². The van der Waals surface area contributed by atoms with Crippen LogP contribution in [0.5, 0.6) is 0 Å². The third-order valence-corrected chi connectivity index (χ3v) is 4.84. The maximum absolute atomic E-state index is 12.9. The Morgan fingerprint density at radius 2 is 1.72 bits per heavy atom. The summed E-state index contributed by atoms with van der Waals surface area (Å²) in [5.41, 5.74) is 1.68. The fourth-order valence-corrected chi connectivity index (χ4v) is 3.15. The Morgan fingerprint density at radius 1 is 1.07 bits per heavy atom. The summed E-state index contributed by atoms with van der Waals surface area (Å²) in [4.78, 5) is 38.4. The summed E-state index contributed by atoms with van der Waals surface area (Å²) in [5.74, 6) is -1.60. The van der Waals surface area contributed by atoms with Gasteiger partial charge in [-0.3, -0.25) is 9.59 Å². The lowest BCUT2D eigenvalue weighted by Crippen LogP contribution is -2.34. The largest absolute Gasteiger partial charge is 0.462 e. The molecule has 1 aliphatic heterocycles. The zero-order valence-corrected chi connectivity index (χ0v) is 16.9. The van der Waals surface area contributed by atoms with Gasteiger partial charge >= 0.3 is 5.97 Å². The third kappa shape index (κ3) is 4.32. The molecule has 1 heterocycles. The van der Waals surface area contributed by atoms with Crippen molar-refractivity contribution in [3.8, 4) is 0 Å². The summed E-state index contributed by atoms with van der Waals surface area (Å²) < 4.78 is 5.08. The first-order chi connectivity index (χ1) is 13.9. The maximum atomic E-state index is 12.9. The smallest absolute Gasteiger partial charge is 0.338 e. The van der Waals surface area contributed by atoms with E-state index < -0.39 is 17.8 Å². The maximum Gasteiger partial charge on any atom is 0.338 e. The van der Waals surface area contributed by atoms with Gasteiger partial charge in [0.2, 0.25) is 0 Å². The van der Waals surface area contributed by atoms with E-state index in [1.54, 1.807) is 0 Å². The number of nitrogens with one attached hydrogen (secondary N) is 1. The molecule has 3 rings (SSSR count). The normalized spacial score (nSPS) is 14.9. The molecule has 1 aliphatic rings. The van der Waals surface area contributed by atoms with E-state index in [1.807, 2.05) is 44.2 Å². The molecule has 1 N–H and O–H groups in total. The predicted molar refractivity (Wildman–Crippen MR) is 110 cm³/mol. The number of esters is 1. The standard InChI is InChI=1S/C22H21ClN2O4/c1-3-13-29-22(28)16-9-11-17(12-10-16)25-20(26)18(23)19(21(25)27)24-14(2)15-7-5-4-6-8-15/h4-12,14,24H,3,13H2,1-2H3. The molecule has 1 atom stereocenters. The van der Waals surface area contributed by atoms with Crippen LogP contribution in [0.3, 0.4) is 0 Å². The van der Waals surface area contributed by atoms with E-state index in [9.17, 15) is 14.4 Å². The fraction of sp³-hybridized carbons (Fsp3) is 0.227. The van der Waals surface area contributed by atoms with Crippen LogP contribution < -0.4 is 10.2 Å². The molecule has 7 heteroatoms. The average molecular weight is 413 g/mol. The number of hydrogen-bond acceptors (Lipinski definition) is 5. The van der Waals surface area contributed by atoms with Crippen molar-refractivity contribution in [3.63, 3.8) is 0 Å². The topological polar surface area (TPSA) is 75.7 Å². The Labute approximate surface area is 174 Å². The van der Waals surface area contributed by atoms with Gasteiger partial charge in [0.15, 0.2) is 0 Å². The fourth-order valence-electron chi connectivity index (χ4n) is 2.93. The minimum Gasteiger partial charge on any atom is -0.462 e. The van der Waals surface area contributed by atoms with Crippen LogP contribution in [0, 0.1) is 0 Å². The van der Waals surface area contributed by atoms with Crippen LogP contribution in [0.15, 0.2) is 65.3 Å². The van der Waals surface area contributed by atoms with Gasteiger partial charge in [-0.15, -0.1) is 0 Å². The number of imide groups is 1. The minimum absolute atomic E-state index is 0.0550. The molecule has 2 aromatic rings. The van der Waals surface area contributed by atoms with E-state index in [0.29, 0.717) is 17.9 Å². The summed E-state index contributed by atoms with van der Waals surface area (Å²) in [6, 6.07) is 15.4. The number of carbonyl (C=O) groups excluding carboxylic acids is 3. The van der Waals surface area contributed by atoms with Gasteiger partial charge in [0.25, 0.3) is 11.8 Å². The monoisotopic (exact) mass is 412 g/mol. The lowest BCUT2D eigenvalue weighted by Gasteiger charge is -2.18. The molecule has 29 heavy (non-hydrogen) atoms. The van der Waals surface area contributed by atoms with Crippen LogP contribution in [0.1, 0.15) is 42.2 Å². The number of rotatable bonds is 7. The first kappa shape index (κ1) is 20.6. The van der Waals surface area contributed by atoms with Gasteiger partial charge in [-0.1, -0.05) is 48.9 Å². The van der Waals surface area contributed by atoms with Crippen molar-refractivity contribution >= 4 is 35.1 Å². The van der Waals surface area contributed by atoms with E-state index >= 15 is 0 Å².